The average molecular weight is 582 g/mol. The number of carbonyl (C=O) groups is 5. The standard InChI is InChI=1S/C23H23N3O13S/c1-11(28)35-17-18(36-12(2)29)20(37-13(3)30)22(39-19(17)21(31)34-4)38-15-8-6-5-7-14(15)25(10-27)23-24-9-16(40-23)26(32)33/h5-10,17-20,22H,1-4H3/t17-,18-,19-,20+,22+/m0/s1. The number of amides is 1. The molecule has 16 nitrogen and oxygen atoms in total. The third-order valence-electron chi connectivity index (χ3n) is 5.18. The summed E-state index contributed by atoms with van der Waals surface area (Å²) in [7, 11) is 1.04. The fraction of sp³-hybridized carbons (Fsp3) is 0.391. The summed E-state index contributed by atoms with van der Waals surface area (Å²) in [5.74, 6) is -3.73. The van der Waals surface area contributed by atoms with Crippen molar-refractivity contribution in [2.75, 3.05) is 12.0 Å². The van der Waals surface area contributed by atoms with Gasteiger partial charge in [0.05, 0.1) is 17.7 Å². The first kappa shape index (κ1) is 29.9. The zero-order valence-electron chi connectivity index (χ0n) is 21.4. The van der Waals surface area contributed by atoms with Crippen molar-refractivity contribution in [3.63, 3.8) is 0 Å². The third kappa shape index (κ3) is 6.86. The lowest BCUT2D eigenvalue weighted by Crippen LogP contribution is -2.64. The number of thiazole rings is 1. The van der Waals surface area contributed by atoms with Crippen LogP contribution in [0.3, 0.4) is 0 Å². The van der Waals surface area contributed by atoms with E-state index in [0.29, 0.717) is 17.7 Å². The number of hydrogen-bond donors (Lipinski definition) is 0. The number of esters is 4. The van der Waals surface area contributed by atoms with E-state index < -0.39 is 59.5 Å². The number of hydrogen-bond acceptors (Lipinski definition) is 15. The molecule has 0 unspecified atom stereocenters. The smallest absolute Gasteiger partial charge is 0.345 e. The van der Waals surface area contributed by atoms with Crippen LogP contribution in [-0.2, 0) is 47.7 Å². The second kappa shape index (κ2) is 12.9. The second-order valence-corrected chi connectivity index (χ2v) is 8.96. The van der Waals surface area contributed by atoms with Gasteiger partial charge in [-0.25, -0.2) is 9.78 Å². The summed E-state index contributed by atoms with van der Waals surface area (Å²) in [4.78, 5) is 75.8. The molecule has 2 aromatic rings. The highest BCUT2D eigenvalue weighted by Gasteiger charge is 2.56. The highest BCUT2D eigenvalue weighted by atomic mass is 32.1. The van der Waals surface area contributed by atoms with Crippen LogP contribution in [0, 0.1) is 10.1 Å². The minimum Gasteiger partial charge on any atom is -0.467 e. The van der Waals surface area contributed by atoms with E-state index in [1.54, 1.807) is 0 Å². The summed E-state index contributed by atoms with van der Waals surface area (Å²) in [6.45, 7) is 3.13. The Kier molecular flexibility index (Phi) is 9.68. The Labute approximate surface area is 229 Å². The Balaban J connectivity index is 2.08. The van der Waals surface area contributed by atoms with Crippen LogP contribution in [0.5, 0.6) is 5.75 Å². The maximum Gasteiger partial charge on any atom is 0.345 e. The number of ether oxygens (including phenoxy) is 6. The number of para-hydroxylation sites is 2. The molecule has 0 radical (unpaired) electrons. The lowest BCUT2D eigenvalue weighted by molar-refractivity contribution is -0.380. The molecule has 5 atom stereocenters. The number of anilines is 2. The normalized spacial score (nSPS) is 21.9. The van der Waals surface area contributed by atoms with Crippen molar-refractivity contribution in [1.29, 1.82) is 0 Å². The van der Waals surface area contributed by atoms with Crippen LogP contribution in [0.1, 0.15) is 20.8 Å². The summed E-state index contributed by atoms with van der Waals surface area (Å²) in [6, 6.07) is 5.85. The molecule has 3 rings (SSSR count). The molecule has 2 heterocycles. The van der Waals surface area contributed by atoms with Crippen molar-refractivity contribution >= 4 is 57.4 Å². The van der Waals surface area contributed by atoms with Crippen LogP contribution in [0.2, 0.25) is 0 Å². The zero-order valence-corrected chi connectivity index (χ0v) is 22.2. The molecule has 0 saturated carbocycles. The van der Waals surface area contributed by atoms with E-state index in [1.165, 1.54) is 24.3 Å². The molecule has 0 aliphatic carbocycles. The Morgan fingerprint density at radius 3 is 2.17 bits per heavy atom. The summed E-state index contributed by atoms with van der Waals surface area (Å²) >= 11 is 0.614. The highest BCUT2D eigenvalue weighted by molar-refractivity contribution is 7.18. The lowest BCUT2D eigenvalue weighted by atomic mass is 9.97. The van der Waals surface area contributed by atoms with Gasteiger partial charge in [-0.05, 0) is 23.5 Å². The zero-order chi connectivity index (χ0) is 29.6. The van der Waals surface area contributed by atoms with E-state index in [1.807, 2.05) is 0 Å². The topological polar surface area (TPSA) is 200 Å². The van der Waals surface area contributed by atoms with Gasteiger partial charge in [-0.1, -0.05) is 12.1 Å². The van der Waals surface area contributed by atoms with Gasteiger partial charge in [0.2, 0.25) is 23.9 Å². The molecule has 1 aromatic carbocycles. The summed E-state index contributed by atoms with van der Waals surface area (Å²) in [6.07, 6.45) is -6.87. The molecule has 214 valence electrons. The first-order chi connectivity index (χ1) is 19.0. The van der Waals surface area contributed by atoms with Gasteiger partial charge in [0.1, 0.15) is 11.9 Å². The van der Waals surface area contributed by atoms with Crippen molar-refractivity contribution in [3.8, 4) is 5.75 Å². The Bertz CT molecular complexity index is 1300. The van der Waals surface area contributed by atoms with Crippen LogP contribution in [0.15, 0.2) is 30.5 Å². The molecule has 0 N–H and O–H groups in total. The van der Waals surface area contributed by atoms with Crippen molar-refractivity contribution < 1.29 is 57.3 Å². The van der Waals surface area contributed by atoms with Gasteiger partial charge in [0.15, 0.2) is 18.3 Å². The summed E-state index contributed by atoms with van der Waals surface area (Å²) < 4.78 is 32.3. The average Bonchev–Trinajstić information content (AvgIpc) is 3.38. The second-order valence-electron chi connectivity index (χ2n) is 7.97. The summed E-state index contributed by atoms with van der Waals surface area (Å²) in [5.41, 5.74) is 0.0349. The van der Waals surface area contributed by atoms with E-state index in [4.69, 9.17) is 28.4 Å². The number of carbonyl (C=O) groups excluding carboxylic acids is 5. The van der Waals surface area contributed by atoms with E-state index in [0.717, 1.165) is 39.0 Å². The molecular formula is C23H23N3O13S. The van der Waals surface area contributed by atoms with Crippen molar-refractivity contribution in [2.24, 2.45) is 0 Å². The third-order valence-corrected chi connectivity index (χ3v) is 6.12. The Hall–Kier alpha value is -4.64. The maximum atomic E-state index is 12.6. The van der Waals surface area contributed by atoms with E-state index in [9.17, 15) is 34.1 Å². The molecule has 1 aliphatic heterocycles. The molecule has 17 heteroatoms. The van der Waals surface area contributed by atoms with Crippen molar-refractivity contribution in [2.45, 2.75) is 51.5 Å². The van der Waals surface area contributed by atoms with Gasteiger partial charge in [0, 0.05) is 20.8 Å². The summed E-state index contributed by atoms with van der Waals surface area (Å²) in [5, 5.41) is 10.7. The van der Waals surface area contributed by atoms with Gasteiger partial charge in [-0.15, -0.1) is 0 Å². The molecule has 0 spiro atoms. The number of benzene rings is 1. The Morgan fingerprint density at radius 1 is 1.02 bits per heavy atom. The van der Waals surface area contributed by atoms with Gasteiger partial charge >= 0.3 is 28.9 Å². The molecule has 1 saturated heterocycles. The first-order valence-corrected chi connectivity index (χ1v) is 12.1. The number of aromatic nitrogens is 1. The predicted octanol–water partition coefficient (Wildman–Crippen LogP) is 1.42. The quantitative estimate of drug-likeness (QED) is 0.128. The molecule has 1 aliphatic rings. The van der Waals surface area contributed by atoms with Gasteiger partial charge in [-0.3, -0.25) is 34.2 Å². The lowest BCUT2D eigenvalue weighted by Gasteiger charge is -2.43. The highest BCUT2D eigenvalue weighted by Crippen LogP contribution is 2.39. The van der Waals surface area contributed by atoms with Gasteiger partial charge in [-0.2, -0.15) is 0 Å². The molecule has 40 heavy (non-hydrogen) atoms. The van der Waals surface area contributed by atoms with Crippen LogP contribution >= 0.6 is 11.3 Å². The van der Waals surface area contributed by atoms with Crippen LogP contribution < -0.4 is 9.64 Å². The minimum absolute atomic E-state index is 0.0349. The molecule has 0 bridgehead atoms. The molecule has 1 fully saturated rings. The minimum atomic E-state index is -1.70. The van der Waals surface area contributed by atoms with Crippen LogP contribution in [-0.4, -0.2) is 78.0 Å². The van der Waals surface area contributed by atoms with E-state index in [-0.39, 0.29) is 21.6 Å². The van der Waals surface area contributed by atoms with Gasteiger partial charge < -0.3 is 28.4 Å². The van der Waals surface area contributed by atoms with Crippen molar-refractivity contribution in [1.82, 2.24) is 4.98 Å². The number of nitro groups is 1. The van der Waals surface area contributed by atoms with E-state index >= 15 is 0 Å². The van der Waals surface area contributed by atoms with Crippen LogP contribution in [0.25, 0.3) is 0 Å². The van der Waals surface area contributed by atoms with Crippen LogP contribution in [0.4, 0.5) is 15.8 Å². The maximum absolute atomic E-state index is 12.6. The largest absolute Gasteiger partial charge is 0.467 e. The number of nitrogens with zero attached hydrogens (tertiary/aromatic N) is 3. The molecular weight excluding hydrogens is 558 g/mol. The monoisotopic (exact) mass is 581 g/mol. The fourth-order valence-corrected chi connectivity index (χ4v) is 4.43. The predicted molar refractivity (Wildman–Crippen MR) is 131 cm³/mol. The Morgan fingerprint density at radius 2 is 1.62 bits per heavy atom. The molecule has 1 amide bonds. The van der Waals surface area contributed by atoms with Gasteiger partial charge in [0.25, 0.3) is 0 Å². The molecule has 1 aromatic heterocycles. The SMILES string of the molecule is COC(=O)[C@H]1O[C@@H](Oc2ccccc2N(C=O)c2ncc([N+](=O)[O-])s2)[C@H](OC(C)=O)[C@@H](OC(C)=O)[C@@H]1OC(C)=O. The number of methoxy groups -OCH3 is 1. The number of rotatable bonds is 10. The first-order valence-electron chi connectivity index (χ1n) is 11.3. The fourth-order valence-electron chi connectivity index (χ4n) is 3.71. The van der Waals surface area contributed by atoms with E-state index in [2.05, 4.69) is 4.98 Å². The van der Waals surface area contributed by atoms with Crippen molar-refractivity contribution in [3.05, 3.63) is 40.6 Å².